The molecule has 7 nitrogen and oxygen atoms in total. The number of nitrogens with one attached hydrogen (secondary N) is 2. The predicted octanol–water partition coefficient (Wildman–Crippen LogP) is 5.27. The van der Waals surface area contributed by atoms with E-state index in [-0.39, 0.29) is 5.56 Å². The molecule has 3 aromatic carbocycles. The third-order valence-corrected chi connectivity index (χ3v) is 5.56. The number of nitrogens with two attached hydrogens (primary N) is 1. The smallest absolute Gasteiger partial charge is 0.252 e. The fraction of sp³-hybridized carbons (Fsp3) is 0.0800. The Hall–Kier alpha value is -3.88. The van der Waals surface area contributed by atoms with Gasteiger partial charge >= 0.3 is 0 Å². The van der Waals surface area contributed by atoms with Crippen LogP contribution in [0.3, 0.4) is 0 Å². The SMILES string of the molecule is COc1cc2nccc(Oc3ccc(NC(=S)NCc4ccccc4)c(Cl)c3)c2cc1C(N)=O. The van der Waals surface area contributed by atoms with Crippen LogP contribution in [-0.4, -0.2) is 23.1 Å². The zero-order valence-electron chi connectivity index (χ0n) is 18.2. The summed E-state index contributed by atoms with van der Waals surface area (Å²) in [6.45, 7) is 0.596. The number of amides is 1. The lowest BCUT2D eigenvalue weighted by atomic mass is 10.1. The first-order valence-electron chi connectivity index (χ1n) is 10.3. The maximum absolute atomic E-state index is 11.8. The number of ether oxygens (including phenoxy) is 2. The van der Waals surface area contributed by atoms with Gasteiger partial charge in [0.2, 0.25) is 0 Å². The molecule has 0 saturated carbocycles. The molecule has 0 aliphatic rings. The van der Waals surface area contributed by atoms with Gasteiger partial charge in [-0.25, -0.2) is 0 Å². The summed E-state index contributed by atoms with van der Waals surface area (Å²) < 4.78 is 11.3. The molecule has 0 atom stereocenters. The average Bonchev–Trinajstić information content (AvgIpc) is 2.84. The van der Waals surface area contributed by atoms with Crippen LogP contribution in [0, 0.1) is 0 Å². The van der Waals surface area contributed by atoms with Crippen molar-refractivity contribution in [2.75, 3.05) is 12.4 Å². The summed E-state index contributed by atoms with van der Waals surface area (Å²) in [5, 5.41) is 7.73. The number of methoxy groups -OCH3 is 1. The first-order chi connectivity index (χ1) is 16.4. The van der Waals surface area contributed by atoms with Crippen molar-refractivity contribution in [1.29, 1.82) is 0 Å². The Morgan fingerprint density at radius 1 is 1.09 bits per heavy atom. The van der Waals surface area contributed by atoms with E-state index in [4.69, 9.17) is 39.0 Å². The summed E-state index contributed by atoms with van der Waals surface area (Å²) in [5.41, 5.74) is 8.08. The number of carbonyl (C=O) groups excluding carboxylic acids is 1. The maximum atomic E-state index is 11.8. The molecule has 9 heteroatoms. The van der Waals surface area contributed by atoms with Crippen molar-refractivity contribution in [1.82, 2.24) is 10.3 Å². The minimum atomic E-state index is -0.608. The zero-order valence-corrected chi connectivity index (χ0v) is 19.7. The molecule has 4 rings (SSSR count). The van der Waals surface area contributed by atoms with Gasteiger partial charge in [-0.2, -0.15) is 0 Å². The molecule has 0 aliphatic carbocycles. The second-order valence-electron chi connectivity index (χ2n) is 7.28. The van der Waals surface area contributed by atoms with Gasteiger partial charge in [0, 0.05) is 30.3 Å². The van der Waals surface area contributed by atoms with Crippen molar-refractivity contribution in [3.63, 3.8) is 0 Å². The molecule has 0 bridgehead atoms. The van der Waals surface area contributed by atoms with Gasteiger partial charge in [-0.05, 0) is 42.0 Å². The standard InChI is InChI=1S/C25H21ClN4O3S/c1-32-23-13-21-17(12-18(23)24(27)31)22(9-10-28-21)33-16-7-8-20(19(26)11-16)30-25(34)29-14-15-5-3-2-4-6-15/h2-13H,14H2,1H3,(H2,27,31)(H2,29,30,34). The Morgan fingerprint density at radius 3 is 2.59 bits per heavy atom. The van der Waals surface area contributed by atoms with Crippen LogP contribution in [0.1, 0.15) is 15.9 Å². The number of anilines is 1. The number of aromatic nitrogens is 1. The minimum Gasteiger partial charge on any atom is -0.496 e. The van der Waals surface area contributed by atoms with E-state index in [0.29, 0.717) is 50.5 Å². The van der Waals surface area contributed by atoms with Crippen molar-refractivity contribution >= 4 is 51.4 Å². The normalized spacial score (nSPS) is 10.5. The maximum Gasteiger partial charge on any atom is 0.252 e. The summed E-state index contributed by atoms with van der Waals surface area (Å²) in [4.78, 5) is 16.2. The number of thiocarbonyl (C=S) groups is 1. The molecular formula is C25H21ClN4O3S. The van der Waals surface area contributed by atoms with Crippen molar-refractivity contribution in [2.45, 2.75) is 6.54 Å². The fourth-order valence-corrected chi connectivity index (χ4v) is 3.73. The van der Waals surface area contributed by atoms with Crippen LogP contribution in [-0.2, 0) is 6.54 Å². The lowest BCUT2D eigenvalue weighted by molar-refractivity contribution is 0.0997. The number of rotatable bonds is 7. The minimum absolute atomic E-state index is 0.238. The number of hydrogen-bond acceptors (Lipinski definition) is 5. The Kier molecular flexibility index (Phi) is 7.10. The largest absolute Gasteiger partial charge is 0.496 e. The summed E-state index contributed by atoms with van der Waals surface area (Å²) in [6, 6.07) is 20.1. The first-order valence-corrected chi connectivity index (χ1v) is 11.1. The summed E-state index contributed by atoms with van der Waals surface area (Å²) in [6.07, 6.45) is 1.61. The third kappa shape index (κ3) is 5.36. The quantitative estimate of drug-likeness (QED) is 0.302. The average molecular weight is 493 g/mol. The number of hydrogen-bond donors (Lipinski definition) is 3. The molecule has 0 unspecified atom stereocenters. The van der Waals surface area contributed by atoms with Gasteiger partial charge in [0.05, 0.1) is 28.9 Å². The number of fused-ring (bicyclic) bond motifs is 1. The number of benzene rings is 3. The van der Waals surface area contributed by atoms with Crippen molar-refractivity contribution < 1.29 is 14.3 Å². The molecule has 0 saturated heterocycles. The van der Waals surface area contributed by atoms with E-state index in [1.165, 1.54) is 7.11 Å². The monoisotopic (exact) mass is 492 g/mol. The Labute approximate surface area is 206 Å². The number of halogens is 1. The number of nitrogens with zero attached hydrogens (tertiary/aromatic N) is 1. The lowest BCUT2D eigenvalue weighted by Crippen LogP contribution is -2.27. The highest BCUT2D eigenvalue weighted by Crippen LogP contribution is 2.35. The molecule has 1 aromatic heterocycles. The molecular weight excluding hydrogens is 472 g/mol. The molecule has 1 amide bonds. The highest BCUT2D eigenvalue weighted by atomic mass is 35.5. The zero-order chi connectivity index (χ0) is 24.1. The van der Waals surface area contributed by atoms with Crippen LogP contribution in [0.15, 0.2) is 72.9 Å². The van der Waals surface area contributed by atoms with Gasteiger partial charge in [-0.1, -0.05) is 41.9 Å². The van der Waals surface area contributed by atoms with Gasteiger partial charge in [0.15, 0.2) is 5.11 Å². The highest BCUT2D eigenvalue weighted by Gasteiger charge is 2.15. The van der Waals surface area contributed by atoms with Crippen LogP contribution in [0.25, 0.3) is 10.9 Å². The molecule has 0 radical (unpaired) electrons. The van der Waals surface area contributed by atoms with E-state index in [1.54, 1.807) is 42.6 Å². The third-order valence-electron chi connectivity index (χ3n) is 5.00. The van der Waals surface area contributed by atoms with E-state index in [9.17, 15) is 4.79 Å². The number of primary amides is 1. The van der Waals surface area contributed by atoms with E-state index >= 15 is 0 Å². The van der Waals surface area contributed by atoms with Crippen molar-refractivity contribution in [2.24, 2.45) is 5.73 Å². The van der Waals surface area contributed by atoms with Gasteiger partial charge in [-0.15, -0.1) is 0 Å². The van der Waals surface area contributed by atoms with Crippen LogP contribution in [0.4, 0.5) is 5.69 Å². The molecule has 34 heavy (non-hydrogen) atoms. The van der Waals surface area contributed by atoms with Gasteiger partial charge in [-0.3, -0.25) is 9.78 Å². The lowest BCUT2D eigenvalue weighted by Gasteiger charge is -2.14. The number of carbonyl (C=O) groups is 1. The molecule has 0 aliphatic heterocycles. The highest BCUT2D eigenvalue weighted by molar-refractivity contribution is 7.80. The molecule has 172 valence electrons. The predicted molar refractivity (Wildman–Crippen MR) is 138 cm³/mol. The van der Waals surface area contributed by atoms with E-state index in [2.05, 4.69) is 15.6 Å². The Balaban J connectivity index is 1.50. The second kappa shape index (κ2) is 10.4. The second-order valence-corrected chi connectivity index (χ2v) is 8.10. The Bertz CT molecular complexity index is 1370. The van der Waals surface area contributed by atoms with Crippen molar-refractivity contribution in [3.05, 3.63) is 89.1 Å². The Morgan fingerprint density at radius 2 is 1.88 bits per heavy atom. The van der Waals surface area contributed by atoms with Crippen LogP contribution >= 0.6 is 23.8 Å². The molecule has 1 heterocycles. The van der Waals surface area contributed by atoms with Gasteiger partial charge < -0.3 is 25.8 Å². The first kappa shape index (κ1) is 23.3. The van der Waals surface area contributed by atoms with Crippen LogP contribution < -0.4 is 25.8 Å². The van der Waals surface area contributed by atoms with Crippen LogP contribution in [0.5, 0.6) is 17.2 Å². The van der Waals surface area contributed by atoms with Gasteiger partial charge in [0.25, 0.3) is 5.91 Å². The van der Waals surface area contributed by atoms with Gasteiger partial charge in [0.1, 0.15) is 17.2 Å². The fourth-order valence-electron chi connectivity index (χ4n) is 3.33. The van der Waals surface area contributed by atoms with Crippen molar-refractivity contribution in [3.8, 4) is 17.2 Å². The molecule has 0 spiro atoms. The van der Waals surface area contributed by atoms with Crippen LogP contribution in [0.2, 0.25) is 5.02 Å². The van der Waals surface area contributed by atoms with E-state index in [0.717, 1.165) is 5.56 Å². The molecule has 0 fully saturated rings. The summed E-state index contributed by atoms with van der Waals surface area (Å²) in [5.74, 6) is 0.735. The summed E-state index contributed by atoms with van der Waals surface area (Å²) >= 11 is 11.8. The summed E-state index contributed by atoms with van der Waals surface area (Å²) in [7, 11) is 1.47. The molecule has 4 aromatic rings. The van der Waals surface area contributed by atoms with E-state index in [1.807, 2.05) is 30.3 Å². The molecule has 4 N–H and O–H groups in total. The number of pyridine rings is 1. The van der Waals surface area contributed by atoms with E-state index < -0.39 is 5.91 Å². The topological polar surface area (TPSA) is 98.5 Å².